The molecule has 0 bridgehead atoms. The van der Waals surface area contributed by atoms with E-state index in [1.165, 1.54) is 6.20 Å². The molecule has 0 spiro atoms. The molecule has 0 saturated carbocycles. The third-order valence-electron chi connectivity index (χ3n) is 4.43. The number of carbonyl (C=O) groups excluding carboxylic acids is 2. The molecule has 0 aliphatic heterocycles. The van der Waals surface area contributed by atoms with E-state index in [-0.39, 0.29) is 18.4 Å². The van der Waals surface area contributed by atoms with Crippen LogP contribution in [0.25, 0.3) is 0 Å². The maximum absolute atomic E-state index is 12.3. The van der Waals surface area contributed by atoms with Gasteiger partial charge in [-0.2, -0.15) is 5.10 Å². The Balaban J connectivity index is 1.55. The standard InChI is InChI=1S/C22H24N4O2/c1-15-9-16(2)21(17(3)10-15)25-20(27)12-23-22(28)19-11-24-26(14-19)13-18-7-5-4-6-8-18/h4-11,14H,12-13H2,1-3H3,(H,23,28)(H,25,27). The van der Waals surface area contributed by atoms with Gasteiger partial charge >= 0.3 is 0 Å². The molecule has 0 atom stereocenters. The van der Waals surface area contributed by atoms with Crippen molar-refractivity contribution in [3.63, 3.8) is 0 Å². The number of anilines is 1. The smallest absolute Gasteiger partial charge is 0.254 e. The number of carbonyl (C=O) groups is 2. The van der Waals surface area contributed by atoms with Crippen molar-refractivity contribution in [1.82, 2.24) is 15.1 Å². The van der Waals surface area contributed by atoms with E-state index < -0.39 is 0 Å². The molecule has 6 heteroatoms. The van der Waals surface area contributed by atoms with Crippen molar-refractivity contribution in [3.8, 4) is 0 Å². The number of hydrogen-bond donors (Lipinski definition) is 2. The molecule has 0 fully saturated rings. The lowest BCUT2D eigenvalue weighted by Crippen LogP contribution is -2.33. The van der Waals surface area contributed by atoms with E-state index in [2.05, 4.69) is 15.7 Å². The van der Waals surface area contributed by atoms with Gasteiger partial charge in [0.1, 0.15) is 0 Å². The Bertz CT molecular complexity index is 970. The average molecular weight is 376 g/mol. The van der Waals surface area contributed by atoms with Crippen molar-refractivity contribution >= 4 is 17.5 Å². The van der Waals surface area contributed by atoms with E-state index >= 15 is 0 Å². The number of amides is 2. The molecule has 0 saturated heterocycles. The third-order valence-corrected chi connectivity index (χ3v) is 4.43. The molecule has 1 aromatic heterocycles. The molecule has 1 heterocycles. The Morgan fingerprint density at radius 1 is 1.04 bits per heavy atom. The number of hydrogen-bond acceptors (Lipinski definition) is 3. The highest BCUT2D eigenvalue weighted by molar-refractivity contribution is 5.99. The van der Waals surface area contributed by atoms with Gasteiger partial charge in [-0.05, 0) is 37.5 Å². The van der Waals surface area contributed by atoms with Crippen LogP contribution in [-0.2, 0) is 11.3 Å². The molecule has 3 rings (SSSR count). The van der Waals surface area contributed by atoms with E-state index in [0.29, 0.717) is 12.1 Å². The van der Waals surface area contributed by atoms with Crippen LogP contribution in [0.3, 0.4) is 0 Å². The number of aryl methyl sites for hydroxylation is 3. The summed E-state index contributed by atoms with van der Waals surface area (Å²) < 4.78 is 1.70. The Kier molecular flexibility index (Phi) is 5.89. The molecule has 0 aliphatic rings. The molecule has 2 N–H and O–H groups in total. The SMILES string of the molecule is Cc1cc(C)c(NC(=O)CNC(=O)c2cnn(Cc3ccccc3)c2)c(C)c1. The number of aromatic nitrogens is 2. The van der Waals surface area contributed by atoms with Crippen molar-refractivity contribution < 1.29 is 9.59 Å². The summed E-state index contributed by atoms with van der Waals surface area (Å²) >= 11 is 0. The zero-order valence-electron chi connectivity index (χ0n) is 16.3. The van der Waals surface area contributed by atoms with Crippen molar-refractivity contribution in [1.29, 1.82) is 0 Å². The average Bonchev–Trinajstić information content (AvgIpc) is 3.12. The Labute approximate surface area is 164 Å². The van der Waals surface area contributed by atoms with Crippen LogP contribution in [0.5, 0.6) is 0 Å². The van der Waals surface area contributed by atoms with Crippen LogP contribution in [0.2, 0.25) is 0 Å². The highest BCUT2D eigenvalue weighted by atomic mass is 16.2. The first kappa shape index (κ1) is 19.4. The Morgan fingerprint density at radius 2 is 1.71 bits per heavy atom. The monoisotopic (exact) mass is 376 g/mol. The predicted octanol–water partition coefficient (Wildman–Crippen LogP) is 3.23. The maximum atomic E-state index is 12.3. The fraction of sp³-hybridized carbons (Fsp3) is 0.227. The molecular formula is C22H24N4O2. The Hall–Kier alpha value is -3.41. The molecule has 0 aliphatic carbocycles. The molecule has 2 amide bonds. The lowest BCUT2D eigenvalue weighted by Gasteiger charge is -2.13. The molecular weight excluding hydrogens is 352 g/mol. The molecule has 0 radical (unpaired) electrons. The van der Waals surface area contributed by atoms with Crippen LogP contribution in [-0.4, -0.2) is 28.1 Å². The molecule has 6 nitrogen and oxygen atoms in total. The van der Waals surface area contributed by atoms with Crippen LogP contribution >= 0.6 is 0 Å². The van der Waals surface area contributed by atoms with E-state index in [4.69, 9.17) is 0 Å². The number of rotatable bonds is 6. The van der Waals surface area contributed by atoms with E-state index in [9.17, 15) is 9.59 Å². The molecule has 3 aromatic rings. The minimum atomic E-state index is -0.327. The number of benzene rings is 2. The summed E-state index contributed by atoms with van der Waals surface area (Å²) in [5.74, 6) is -0.591. The van der Waals surface area contributed by atoms with E-state index in [1.807, 2.05) is 63.2 Å². The predicted molar refractivity (Wildman–Crippen MR) is 109 cm³/mol. The summed E-state index contributed by atoms with van der Waals surface area (Å²) in [5.41, 5.74) is 5.46. The fourth-order valence-electron chi connectivity index (χ4n) is 3.16. The number of nitrogens with zero attached hydrogens (tertiary/aromatic N) is 2. The highest BCUT2D eigenvalue weighted by Gasteiger charge is 2.12. The van der Waals surface area contributed by atoms with Gasteiger partial charge in [-0.3, -0.25) is 14.3 Å². The molecule has 0 unspecified atom stereocenters. The second-order valence-corrected chi connectivity index (χ2v) is 6.92. The summed E-state index contributed by atoms with van der Waals surface area (Å²) in [6.07, 6.45) is 3.18. The first-order valence-electron chi connectivity index (χ1n) is 9.14. The number of nitrogens with one attached hydrogen (secondary N) is 2. The van der Waals surface area contributed by atoms with Gasteiger partial charge in [0, 0.05) is 11.9 Å². The van der Waals surface area contributed by atoms with Crippen molar-refractivity contribution in [3.05, 3.63) is 82.7 Å². The van der Waals surface area contributed by atoms with Gasteiger partial charge in [0.25, 0.3) is 5.91 Å². The van der Waals surface area contributed by atoms with Crippen LogP contribution in [0.4, 0.5) is 5.69 Å². The van der Waals surface area contributed by atoms with Gasteiger partial charge in [-0.25, -0.2) is 0 Å². The second kappa shape index (κ2) is 8.52. The summed E-state index contributed by atoms with van der Waals surface area (Å²) in [5, 5.41) is 9.73. The lowest BCUT2D eigenvalue weighted by atomic mass is 10.1. The maximum Gasteiger partial charge on any atom is 0.254 e. The van der Waals surface area contributed by atoms with Crippen LogP contribution in [0.1, 0.15) is 32.6 Å². The molecule has 2 aromatic carbocycles. The van der Waals surface area contributed by atoms with Crippen molar-refractivity contribution in [2.75, 3.05) is 11.9 Å². The minimum Gasteiger partial charge on any atom is -0.343 e. The van der Waals surface area contributed by atoms with Gasteiger partial charge in [0.15, 0.2) is 0 Å². The van der Waals surface area contributed by atoms with E-state index in [1.54, 1.807) is 10.9 Å². The lowest BCUT2D eigenvalue weighted by molar-refractivity contribution is -0.115. The summed E-state index contributed by atoms with van der Waals surface area (Å²) in [6.45, 7) is 6.41. The van der Waals surface area contributed by atoms with Gasteiger partial charge in [-0.1, -0.05) is 48.0 Å². The first-order valence-corrected chi connectivity index (χ1v) is 9.14. The molecule has 28 heavy (non-hydrogen) atoms. The van der Waals surface area contributed by atoms with Gasteiger partial charge < -0.3 is 10.6 Å². The second-order valence-electron chi connectivity index (χ2n) is 6.92. The fourth-order valence-corrected chi connectivity index (χ4v) is 3.16. The first-order chi connectivity index (χ1) is 13.4. The van der Waals surface area contributed by atoms with Gasteiger partial charge in [0.05, 0.1) is 24.8 Å². The summed E-state index contributed by atoms with van der Waals surface area (Å²) in [7, 11) is 0. The van der Waals surface area contributed by atoms with E-state index in [0.717, 1.165) is 27.9 Å². The zero-order chi connectivity index (χ0) is 20.1. The van der Waals surface area contributed by atoms with Gasteiger partial charge in [0.2, 0.25) is 5.91 Å². The Morgan fingerprint density at radius 3 is 2.39 bits per heavy atom. The largest absolute Gasteiger partial charge is 0.343 e. The van der Waals surface area contributed by atoms with Gasteiger partial charge in [-0.15, -0.1) is 0 Å². The molecule has 144 valence electrons. The van der Waals surface area contributed by atoms with Crippen LogP contribution in [0.15, 0.2) is 54.9 Å². The normalized spacial score (nSPS) is 10.5. The van der Waals surface area contributed by atoms with Crippen molar-refractivity contribution in [2.45, 2.75) is 27.3 Å². The quantitative estimate of drug-likeness (QED) is 0.693. The minimum absolute atomic E-state index is 0.102. The zero-order valence-corrected chi connectivity index (χ0v) is 16.3. The summed E-state index contributed by atoms with van der Waals surface area (Å²) in [4.78, 5) is 24.5. The highest BCUT2D eigenvalue weighted by Crippen LogP contribution is 2.21. The van der Waals surface area contributed by atoms with Crippen molar-refractivity contribution in [2.24, 2.45) is 0 Å². The third kappa shape index (κ3) is 4.85. The topological polar surface area (TPSA) is 76.0 Å². The van der Waals surface area contributed by atoms with Crippen LogP contribution < -0.4 is 10.6 Å². The van der Waals surface area contributed by atoms with Crippen LogP contribution in [0, 0.1) is 20.8 Å². The summed E-state index contributed by atoms with van der Waals surface area (Å²) in [6, 6.07) is 13.9.